The molecule has 2 aliphatic rings. The third kappa shape index (κ3) is 3.27. The number of hydrazine groups is 1. The smallest absolute Gasteiger partial charge is 0.258 e. The van der Waals surface area contributed by atoms with Crippen molar-refractivity contribution in [3.05, 3.63) is 95.1 Å². The average Bonchev–Trinajstić information content (AvgIpc) is 3.49. The Morgan fingerprint density at radius 2 is 1.66 bits per heavy atom. The summed E-state index contributed by atoms with van der Waals surface area (Å²) in [5.74, 6) is -0.137. The molecule has 0 saturated carbocycles. The van der Waals surface area contributed by atoms with Crippen LogP contribution < -0.4 is 16.3 Å². The largest absolute Gasteiger partial charge is 0.271 e. The number of aryl methyl sites for hydroxylation is 2. The van der Waals surface area contributed by atoms with Gasteiger partial charge in [0.05, 0.1) is 6.21 Å². The lowest BCUT2D eigenvalue weighted by molar-refractivity contribution is -0.122. The summed E-state index contributed by atoms with van der Waals surface area (Å²) in [6.07, 6.45) is 4.62. The van der Waals surface area contributed by atoms with Crippen LogP contribution in [0.2, 0.25) is 0 Å². The maximum atomic E-state index is 12.7. The zero-order valence-electron chi connectivity index (χ0n) is 17.6. The van der Waals surface area contributed by atoms with Gasteiger partial charge in [-0.15, -0.1) is 0 Å². The van der Waals surface area contributed by atoms with Gasteiger partial charge in [-0.1, -0.05) is 72.8 Å². The van der Waals surface area contributed by atoms with Crippen molar-refractivity contribution in [3.8, 4) is 0 Å². The first-order valence-electron chi connectivity index (χ1n) is 11.1. The summed E-state index contributed by atoms with van der Waals surface area (Å²) < 4.78 is 0. The van der Waals surface area contributed by atoms with E-state index < -0.39 is 0 Å². The summed E-state index contributed by atoms with van der Waals surface area (Å²) in [6.45, 7) is 0. The van der Waals surface area contributed by atoms with Gasteiger partial charge >= 0.3 is 0 Å². The summed E-state index contributed by atoms with van der Waals surface area (Å²) >= 11 is 0. The molecule has 1 heterocycles. The molecular weight excluding hydrogens is 396 g/mol. The molecule has 5 nitrogen and oxygen atoms in total. The number of carbonyl (C=O) groups excluding carboxylic acids is 1. The van der Waals surface area contributed by atoms with Crippen LogP contribution in [0.5, 0.6) is 0 Å². The number of hydrogen-bond donors (Lipinski definition) is 3. The van der Waals surface area contributed by atoms with Crippen LogP contribution in [0.25, 0.3) is 21.5 Å². The molecule has 3 N–H and O–H groups in total. The fraction of sp³-hybridized carbons (Fsp3) is 0.185. The number of nitrogens with zero attached hydrogens (tertiary/aromatic N) is 1. The molecule has 1 saturated heterocycles. The highest BCUT2D eigenvalue weighted by Gasteiger charge is 2.31. The van der Waals surface area contributed by atoms with E-state index in [1.807, 2.05) is 24.3 Å². The lowest BCUT2D eigenvalue weighted by Crippen LogP contribution is -2.41. The minimum atomic E-state index is -0.340. The van der Waals surface area contributed by atoms with Gasteiger partial charge in [-0.2, -0.15) is 5.10 Å². The molecule has 1 amide bonds. The van der Waals surface area contributed by atoms with Gasteiger partial charge in [0.25, 0.3) is 5.91 Å². The molecule has 2 atom stereocenters. The van der Waals surface area contributed by atoms with E-state index in [4.69, 9.17) is 0 Å². The van der Waals surface area contributed by atoms with E-state index in [-0.39, 0.29) is 18.0 Å². The maximum absolute atomic E-state index is 12.7. The van der Waals surface area contributed by atoms with E-state index in [0.29, 0.717) is 6.42 Å². The van der Waals surface area contributed by atoms with Gasteiger partial charge in [0.15, 0.2) is 0 Å². The number of hydrogen-bond acceptors (Lipinski definition) is 4. The molecule has 1 aliphatic carbocycles. The van der Waals surface area contributed by atoms with Crippen molar-refractivity contribution in [3.63, 3.8) is 0 Å². The van der Waals surface area contributed by atoms with E-state index >= 15 is 0 Å². The lowest BCUT2D eigenvalue weighted by atomic mass is 9.93. The van der Waals surface area contributed by atoms with Gasteiger partial charge in [0.1, 0.15) is 6.04 Å². The number of hydrazone groups is 1. The van der Waals surface area contributed by atoms with E-state index in [1.165, 1.54) is 27.5 Å². The molecule has 1 aliphatic heterocycles. The fourth-order valence-corrected chi connectivity index (χ4v) is 5.11. The maximum Gasteiger partial charge on any atom is 0.258 e. The first kappa shape index (κ1) is 19.2. The molecule has 0 spiro atoms. The quantitative estimate of drug-likeness (QED) is 0.343. The van der Waals surface area contributed by atoms with E-state index in [9.17, 15) is 4.79 Å². The molecule has 6 rings (SSSR count). The Balaban J connectivity index is 1.17. The van der Waals surface area contributed by atoms with Crippen molar-refractivity contribution < 1.29 is 4.79 Å². The second-order valence-corrected chi connectivity index (χ2v) is 8.59. The van der Waals surface area contributed by atoms with Crippen LogP contribution in [0.1, 0.15) is 34.7 Å². The molecule has 0 bridgehead atoms. The lowest BCUT2D eigenvalue weighted by Gasteiger charge is -2.14. The molecule has 4 aromatic rings. The Morgan fingerprint density at radius 3 is 2.59 bits per heavy atom. The van der Waals surface area contributed by atoms with Gasteiger partial charge in [-0.25, -0.2) is 16.3 Å². The third-order valence-electron chi connectivity index (χ3n) is 6.71. The normalized spacial score (nSPS) is 19.9. The molecule has 5 heteroatoms. The van der Waals surface area contributed by atoms with Crippen molar-refractivity contribution in [2.75, 3.05) is 0 Å². The van der Waals surface area contributed by atoms with Crippen LogP contribution in [-0.2, 0) is 17.6 Å². The van der Waals surface area contributed by atoms with E-state index in [2.05, 4.69) is 69.9 Å². The highest BCUT2D eigenvalue weighted by atomic mass is 16.2. The van der Waals surface area contributed by atoms with Crippen LogP contribution in [0.15, 0.2) is 77.9 Å². The zero-order chi connectivity index (χ0) is 21.5. The predicted octanol–water partition coefficient (Wildman–Crippen LogP) is 4.15. The summed E-state index contributed by atoms with van der Waals surface area (Å²) in [4.78, 5) is 12.7. The van der Waals surface area contributed by atoms with Crippen LogP contribution in [0.4, 0.5) is 0 Å². The second kappa shape index (κ2) is 7.86. The minimum Gasteiger partial charge on any atom is -0.271 e. The number of fused-ring (bicyclic) bond motifs is 1. The monoisotopic (exact) mass is 420 g/mol. The topological polar surface area (TPSA) is 65.5 Å². The Labute approximate surface area is 186 Å². The highest BCUT2D eigenvalue weighted by Crippen LogP contribution is 2.36. The number of rotatable bonds is 4. The van der Waals surface area contributed by atoms with Gasteiger partial charge in [-0.3, -0.25) is 4.79 Å². The van der Waals surface area contributed by atoms with E-state index in [1.54, 1.807) is 6.21 Å². The Kier molecular flexibility index (Phi) is 4.71. The van der Waals surface area contributed by atoms with Crippen LogP contribution in [0, 0.1) is 0 Å². The summed E-state index contributed by atoms with van der Waals surface area (Å²) in [6, 6.07) is 25.0. The summed E-state index contributed by atoms with van der Waals surface area (Å²) in [7, 11) is 0. The summed E-state index contributed by atoms with van der Waals surface area (Å²) in [5.41, 5.74) is 14.3. The van der Waals surface area contributed by atoms with Crippen molar-refractivity contribution >= 4 is 33.7 Å². The van der Waals surface area contributed by atoms with Gasteiger partial charge in [0, 0.05) is 11.6 Å². The molecule has 32 heavy (non-hydrogen) atoms. The van der Waals surface area contributed by atoms with E-state index in [0.717, 1.165) is 29.2 Å². The summed E-state index contributed by atoms with van der Waals surface area (Å²) in [5, 5.41) is 9.19. The predicted molar refractivity (Wildman–Crippen MR) is 128 cm³/mol. The number of benzene rings is 4. The Bertz CT molecular complexity index is 1360. The minimum absolute atomic E-state index is 0.0812. The van der Waals surface area contributed by atoms with Gasteiger partial charge in [-0.05, 0) is 57.5 Å². The Hall–Kier alpha value is -3.54. The molecule has 4 aromatic carbocycles. The van der Waals surface area contributed by atoms with Crippen molar-refractivity contribution in [1.82, 2.24) is 16.3 Å². The molecule has 1 fully saturated rings. The third-order valence-corrected chi connectivity index (χ3v) is 6.71. The molecule has 0 radical (unpaired) electrons. The first-order chi connectivity index (χ1) is 15.8. The number of nitrogens with one attached hydrogen (secondary N) is 3. The fourth-order valence-electron chi connectivity index (χ4n) is 5.11. The molecule has 158 valence electrons. The van der Waals surface area contributed by atoms with Crippen LogP contribution in [-0.4, -0.2) is 18.2 Å². The zero-order valence-corrected chi connectivity index (χ0v) is 17.6. The molecular formula is C27H24N4O. The van der Waals surface area contributed by atoms with Crippen molar-refractivity contribution in [2.24, 2.45) is 5.10 Å². The SMILES string of the molecule is O=C(N/N=C/c1cccc2ccccc12)C1CC(c2ccc3c4c(cccc24)CC3)NN1. The number of amides is 1. The van der Waals surface area contributed by atoms with Crippen molar-refractivity contribution in [2.45, 2.75) is 31.3 Å². The van der Waals surface area contributed by atoms with Crippen LogP contribution in [0.3, 0.4) is 0 Å². The first-order valence-corrected chi connectivity index (χ1v) is 11.1. The number of carbonyl (C=O) groups is 1. The van der Waals surface area contributed by atoms with Gasteiger partial charge < -0.3 is 0 Å². The molecule has 0 aromatic heterocycles. The van der Waals surface area contributed by atoms with Gasteiger partial charge in [0.2, 0.25) is 0 Å². The van der Waals surface area contributed by atoms with Crippen LogP contribution >= 0.6 is 0 Å². The molecule has 2 unspecified atom stereocenters. The standard InChI is InChI=1S/C27H24N4O/c32-27(31-28-16-20-8-3-6-17-5-1-2-9-21(17)20)25-15-24(29-30-25)22-14-13-19-12-11-18-7-4-10-23(22)26(18)19/h1-10,13-14,16,24-25,29-30H,11-12,15H2,(H,31,32)/b28-16+. The second-order valence-electron chi connectivity index (χ2n) is 8.59. The Morgan fingerprint density at radius 1 is 0.875 bits per heavy atom. The highest BCUT2D eigenvalue weighted by molar-refractivity contribution is 6.00. The average molecular weight is 421 g/mol. The van der Waals surface area contributed by atoms with Crippen molar-refractivity contribution in [1.29, 1.82) is 0 Å².